The number of nitrogens with zero attached hydrogens (tertiary/aromatic N) is 5. The second kappa shape index (κ2) is 10.2. The molecule has 0 aliphatic carbocycles. The SMILES string of the molecule is CCCC(NC(=O)CC1CCCCN1c1ccnc(-n2ccnc2)n1)c1ccccc1. The Hall–Kier alpha value is -3.22. The first-order chi connectivity index (χ1) is 15.2. The lowest BCUT2D eigenvalue weighted by Gasteiger charge is -2.36. The molecule has 1 aromatic carbocycles. The van der Waals surface area contributed by atoms with Crippen LogP contribution in [0.15, 0.2) is 61.3 Å². The largest absolute Gasteiger partial charge is 0.353 e. The highest BCUT2D eigenvalue weighted by Gasteiger charge is 2.27. The summed E-state index contributed by atoms with van der Waals surface area (Å²) in [4.78, 5) is 28.5. The van der Waals surface area contributed by atoms with Crippen molar-refractivity contribution in [3.05, 3.63) is 66.9 Å². The van der Waals surface area contributed by atoms with Crippen molar-refractivity contribution in [2.24, 2.45) is 0 Å². The molecule has 7 heteroatoms. The van der Waals surface area contributed by atoms with E-state index in [4.69, 9.17) is 4.98 Å². The topological polar surface area (TPSA) is 75.9 Å². The minimum absolute atomic E-state index is 0.0580. The molecule has 2 unspecified atom stereocenters. The van der Waals surface area contributed by atoms with Crippen molar-refractivity contribution in [1.29, 1.82) is 0 Å². The zero-order valence-electron chi connectivity index (χ0n) is 18.0. The van der Waals surface area contributed by atoms with Gasteiger partial charge in [0.25, 0.3) is 0 Å². The average molecular weight is 419 g/mol. The van der Waals surface area contributed by atoms with Gasteiger partial charge in [0.15, 0.2) is 0 Å². The number of carbonyl (C=O) groups is 1. The summed E-state index contributed by atoms with van der Waals surface area (Å²) in [5.41, 5.74) is 1.17. The van der Waals surface area contributed by atoms with Gasteiger partial charge in [-0.3, -0.25) is 9.36 Å². The van der Waals surface area contributed by atoms with Gasteiger partial charge in [-0.1, -0.05) is 43.7 Å². The third-order valence-electron chi connectivity index (χ3n) is 5.82. The first kappa shape index (κ1) is 21.0. The van der Waals surface area contributed by atoms with Crippen LogP contribution >= 0.6 is 0 Å². The third kappa shape index (κ3) is 5.29. The summed E-state index contributed by atoms with van der Waals surface area (Å²) in [6.45, 7) is 3.05. The zero-order chi connectivity index (χ0) is 21.5. The molecule has 1 aliphatic rings. The number of aromatic nitrogens is 4. The van der Waals surface area contributed by atoms with Crippen LogP contribution < -0.4 is 10.2 Å². The number of amides is 1. The number of anilines is 1. The Morgan fingerprint density at radius 1 is 1.19 bits per heavy atom. The first-order valence-electron chi connectivity index (χ1n) is 11.2. The van der Waals surface area contributed by atoms with E-state index < -0.39 is 0 Å². The van der Waals surface area contributed by atoms with Crippen LogP contribution in [0.2, 0.25) is 0 Å². The highest BCUT2D eigenvalue weighted by molar-refractivity contribution is 5.77. The molecule has 1 aliphatic heterocycles. The van der Waals surface area contributed by atoms with Gasteiger partial charge in [0, 0.05) is 37.6 Å². The van der Waals surface area contributed by atoms with Crippen molar-refractivity contribution in [2.75, 3.05) is 11.4 Å². The molecular weight excluding hydrogens is 388 g/mol. The predicted octanol–water partition coefficient (Wildman–Crippen LogP) is 4.07. The highest BCUT2D eigenvalue weighted by atomic mass is 16.1. The fourth-order valence-electron chi connectivity index (χ4n) is 4.28. The summed E-state index contributed by atoms with van der Waals surface area (Å²) in [5.74, 6) is 1.56. The molecular formula is C24H30N6O. The van der Waals surface area contributed by atoms with Crippen molar-refractivity contribution in [1.82, 2.24) is 24.8 Å². The molecule has 0 bridgehead atoms. The van der Waals surface area contributed by atoms with Crippen LogP contribution in [0, 0.1) is 0 Å². The number of rotatable bonds is 8. The van der Waals surface area contributed by atoms with Gasteiger partial charge in [-0.25, -0.2) is 9.97 Å². The summed E-state index contributed by atoms with van der Waals surface area (Å²) in [6.07, 6.45) is 12.7. The van der Waals surface area contributed by atoms with E-state index in [1.165, 1.54) is 5.56 Å². The molecule has 7 nitrogen and oxygen atoms in total. The molecule has 0 saturated carbocycles. The van der Waals surface area contributed by atoms with Gasteiger partial charge in [0.1, 0.15) is 12.1 Å². The zero-order valence-corrected chi connectivity index (χ0v) is 18.0. The Morgan fingerprint density at radius 3 is 2.84 bits per heavy atom. The summed E-state index contributed by atoms with van der Waals surface area (Å²) in [7, 11) is 0. The van der Waals surface area contributed by atoms with Gasteiger partial charge in [-0.2, -0.15) is 4.98 Å². The standard InChI is InChI=1S/C24H30N6O/c1-2-8-21(19-9-4-3-5-10-19)27-23(31)17-20-11-6-7-15-30(20)22-12-13-26-24(28-22)29-16-14-25-18-29/h3-5,9-10,12-14,16,18,20-21H,2,6-8,11,15,17H2,1H3,(H,27,31). The lowest BCUT2D eigenvalue weighted by molar-refractivity contribution is -0.122. The minimum atomic E-state index is 0.0580. The molecule has 162 valence electrons. The van der Waals surface area contributed by atoms with Gasteiger partial charge in [0.05, 0.1) is 6.04 Å². The summed E-state index contributed by atoms with van der Waals surface area (Å²) in [6, 6.07) is 12.4. The molecule has 31 heavy (non-hydrogen) atoms. The van der Waals surface area contributed by atoms with Crippen LogP contribution in [0.4, 0.5) is 5.82 Å². The van der Waals surface area contributed by atoms with Crippen LogP contribution in [0.3, 0.4) is 0 Å². The monoisotopic (exact) mass is 418 g/mol. The Kier molecular flexibility index (Phi) is 6.92. The molecule has 3 heterocycles. The van der Waals surface area contributed by atoms with Crippen LogP contribution in [0.1, 0.15) is 57.1 Å². The first-order valence-corrected chi connectivity index (χ1v) is 11.2. The molecule has 2 aromatic heterocycles. The number of imidazole rings is 1. The molecule has 1 saturated heterocycles. The second-order valence-corrected chi connectivity index (χ2v) is 8.05. The van der Waals surface area contributed by atoms with Gasteiger partial charge >= 0.3 is 0 Å². The number of nitrogens with one attached hydrogen (secondary N) is 1. The smallest absolute Gasteiger partial charge is 0.236 e. The average Bonchev–Trinajstić information content (AvgIpc) is 3.35. The highest BCUT2D eigenvalue weighted by Crippen LogP contribution is 2.26. The van der Waals surface area contributed by atoms with Crippen LogP contribution in [0.5, 0.6) is 0 Å². The van der Waals surface area contributed by atoms with E-state index in [1.807, 2.05) is 30.5 Å². The van der Waals surface area contributed by atoms with E-state index >= 15 is 0 Å². The second-order valence-electron chi connectivity index (χ2n) is 8.05. The number of piperidine rings is 1. The van der Waals surface area contributed by atoms with E-state index in [9.17, 15) is 4.79 Å². The minimum Gasteiger partial charge on any atom is -0.353 e. The summed E-state index contributed by atoms with van der Waals surface area (Å²) < 4.78 is 1.80. The van der Waals surface area contributed by atoms with Crippen LogP contribution in [-0.2, 0) is 4.79 Å². The molecule has 3 aromatic rings. The maximum atomic E-state index is 13.0. The molecule has 4 rings (SSSR count). The Bertz CT molecular complexity index is 959. The van der Waals surface area contributed by atoms with Crippen LogP contribution in [0.25, 0.3) is 5.95 Å². The van der Waals surface area contributed by atoms with Gasteiger partial charge in [-0.05, 0) is 37.3 Å². The molecule has 1 N–H and O–H groups in total. The maximum absolute atomic E-state index is 13.0. The molecule has 2 atom stereocenters. The van der Waals surface area contributed by atoms with Gasteiger partial charge in [0.2, 0.25) is 11.9 Å². The fraction of sp³-hybridized carbons (Fsp3) is 0.417. The van der Waals surface area contributed by atoms with Crippen molar-refractivity contribution in [2.45, 2.75) is 57.5 Å². The van der Waals surface area contributed by atoms with Crippen molar-refractivity contribution < 1.29 is 4.79 Å². The van der Waals surface area contributed by atoms with Crippen LogP contribution in [-0.4, -0.2) is 38.0 Å². The van der Waals surface area contributed by atoms with Gasteiger partial charge in [-0.15, -0.1) is 0 Å². The normalized spacial score (nSPS) is 17.3. The van der Waals surface area contributed by atoms with Crippen molar-refractivity contribution >= 4 is 11.7 Å². The molecule has 0 radical (unpaired) electrons. The van der Waals surface area contributed by atoms with E-state index in [2.05, 4.69) is 39.2 Å². The van der Waals surface area contributed by atoms with E-state index in [1.54, 1.807) is 23.3 Å². The predicted molar refractivity (Wildman–Crippen MR) is 121 cm³/mol. The molecule has 1 amide bonds. The third-order valence-corrected chi connectivity index (χ3v) is 5.82. The van der Waals surface area contributed by atoms with E-state index in [-0.39, 0.29) is 18.0 Å². The Balaban J connectivity index is 1.46. The Morgan fingerprint density at radius 2 is 2.06 bits per heavy atom. The number of hydrogen-bond donors (Lipinski definition) is 1. The van der Waals surface area contributed by atoms with Crippen molar-refractivity contribution in [3.8, 4) is 5.95 Å². The number of carbonyl (C=O) groups excluding carboxylic acids is 1. The van der Waals surface area contributed by atoms with E-state index in [0.717, 1.165) is 44.5 Å². The number of benzene rings is 1. The quantitative estimate of drug-likeness (QED) is 0.597. The molecule has 1 fully saturated rings. The van der Waals surface area contributed by atoms with Gasteiger partial charge < -0.3 is 10.2 Å². The Labute approximate surface area is 183 Å². The lowest BCUT2D eigenvalue weighted by atomic mass is 9.97. The van der Waals surface area contributed by atoms with E-state index in [0.29, 0.717) is 12.4 Å². The number of hydrogen-bond acceptors (Lipinski definition) is 5. The van der Waals surface area contributed by atoms with Crippen molar-refractivity contribution in [3.63, 3.8) is 0 Å². The molecule has 0 spiro atoms. The summed E-state index contributed by atoms with van der Waals surface area (Å²) in [5, 5.41) is 3.28. The maximum Gasteiger partial charge on any atom is 0.236 e. The summed E-state index contributed by atoms with van der Waals surface area (Å²) >= 11 is 0. The fourth-order valence-corrected chi connectivity index (χ4v) is 4.28. The lowest BCUT2D eigenvalue weighted by Crippen LogP contribution is -2.43.